The lowest BCUT2D eigenvalue weighted by molar-refractivity contribution is -0.0597. The van der Waals surface area contributed by atoms with E-state index < -0.39 is 0 Å². The van der Waals surface area contributed by atoms with Gasteiger partial charge in [0.2, 0.25) is 0 Å². The highest BCUT2D eigenvalue weighted by Crippen LogP contribution is 2.41. The maximum Gasteiger partial charge on any atom is 0.0809 e. The zero-order chi connectivity index (χ0) is 13.9. The quantitative estimate of drug-likeness (QED) is 0.834. The van der Waals surface area contributed by atoms with Crippen molar-refractivity contribution in [2.24, 2.45) is 17.1 Å². The normalized spacial score (nSPS) is 36.6. The summed E-state index contributed by atoms with van der Waals surface area (Å²) in [4.78, 5) is 0. The first-order valence-corrected chi connectivity index (χ1v) is 8.01. The fraction of sp³-hybridized carbons (Fsp3) is 1.00. The van der Waals surface area contributed by atoms with Crippen molar-refractivity contribution in [2.45, 2.75) is 77.5 Å². The van der Waals surface area contributed by atoms with Crippen molar-refractivity contribution in [1.29, 1.82) is 0 Å². The standard InChI is InChI=1S/C16H31NO2/c1-4-16(2,3)12-7-8-14(17)15(10-12)19-11-13-6-5-9-18-13/h12-15H,4-11,17H2,1-3H3. The zero-order valence-corrected chi connectivity index (χ0v) is 12.9. The van der Waals surface area contributed by atoms with E-state index in [0.717, 1.165) is 38.4 Å². The van der Waals surface area contributed by atoms with Crippen molar-refractivity contribution >= 4 is 0 Å². The van der Waals surface area contributed by atoms with Crippen LogP contribution in [0.15, 0.2) is 0 Å². The maximum absolute atomic E-state index is 6.24. The van der Waals surface area contributed by atoms with Gasteiger partial charge in [0.1, 0.15) is 0 Å². The maximum atomic E-state index is 6.24. The molecule has 4 atom stereocenters. The monoisotopic (exact) mass is 269 g/mol. The summed E-state index contributed by atoms with van der Waals surface area (Å²) >= 11 is 0. The molecule has 0 aromatic rings. The van der Waals surface area contributed by atoms with Crippen LogP contribution < -0.4 is 5.73 Å². The highest BCUT2D eigenvalue weighted by molar-refractivity contribution is 4.89. The molecule has 1 aliphatic heterocycles. The van der Waals surface area contributed by atoms with Gasteiger partial charge in [-0.1, -0.05) is 27.2 Å². The smallest absolute Gasteiger partial charge is 0.0809 e. The Kier molecular flexibility index (Phi) is 5.27. The molecular formula is C16H31NO2. The molecule has 2 rings (SSSR count). The Balaban J connectivity index is 1.83. The summed E-state index contributed by atoms with van der Waals surface area (Å²) in [5.74, 6) is 0.742. The molecule has 112 valence electrons. The lowest BCUT2D eigenvalue weighted by Gasteiger charge is -2.42. The van der Waals surface area contributed by atoms with E-state index >= 15 is 0 Å². The van der Waals surface area contributed by atoms with Crippen molar-refractivity contribution in [3.8, 4) is 0 Å². The summed E-state index contributed by atoms with van der Waals surface area (Å²) in [6.07, 6.45) is 7.56. The van der Waals surface area contributed by atoms with Gasteiger partial charge in [0.15, 0.2) is 0 Å². The van der Waals surface area contributed by atoms with E-state index in [-0.39, 0.29) is 12.1 Å². The van der Waals surface area contributed by atoms with E-state index in [9.17, 15) is 0 Å². The van der Waals surface area contributed by atoms with Gasteiger partial charge < -0.3 is 15.2 Å². The van der Waals surface area contributed by atoms with Crippen LogP contribution >= 0.6 is 0 Å². The van der Waals surface area contributed by atoms with Crippen molar-refractivity contribution in [3.63, 3.8) is 0 Å². The van der Waals surface area contributed by atoms with Crippen LogP contribution in [0.5, 0.6) is 0 Å². The van der Waals surface area contributed by atoms with Crippen molar-refractivity contribution in [2.75, 3.05) is 13.2 Å². The minimum absolute atomic E-state index is 0.213. The van der Waals surface area contributed by atoms with E-state index in [0.29, 0.717) is 11.5 Å². The van der Waals surface area contributed by atoms with Gasteiger partial charge in [0.25, 0.3) is 0 Å². The van der Waals surface area contributed by atoms with Crippen LogP contribution in [0.1, 0.15) is 59.3 Å². The van der Waals surface area contributed by atoms with Crippen molar-refractivity contribution < 1.29 is 9.47 Å². The average Bonchev–Trinajstić information content (AvgIpc) is 2.90. The molecular weight excluding hydrogens is 238 g/mol. The molecule has 0 aromatic carbocycles. The first-order chi connectivity index (χ1) is 9.03. The SMILES string of the molecule is CCC(C)(C)C1CCC(N)C(OCC2CCCO2)C1. The average molecular weight is 269 g/mol. The van der Waals surface area contributed by atoms with Crippen molar-refractivity contribution in [1.82, 2.24) is 0 Å². The predicted octanol–water partition coefficient (Wildman–Crippen LogP) is 3.11. The van der Waals surface area contributed by atoms with Gasteiger partial charge in [0, 0.05) is 12.6 Å². The van der Waals surface area contributed by atoms with E-state index in [1.807, 2.05) is 0 Å². The second-order valence-electron chi connectivity index (χ2n) is 7.02. The fourth-order valence-electron chi connectivity index (χ4n) is 3.35. The molecule has 2 fully saturated rings. The van der Waals surface area contributed by atoms with Gasteiger partial charge in [-0.2, -0.15) is 0 Å². The molecule has 0 spiro atoms. The molecule has 0 amide bonds. The predicted molar refractivity (Wildman–Crippen MR) is 78.1 cm³/mol. The topological polar surface area (TPSA) is 44.5 Å². The number of rotatable bonds is 5. The molecule has 4 unspecified atom stereocenters. The van der Waals surface area contributed by atoms with Gasteiger partial charge in [-0.3, -0.25) is 0 Å². The lowest BCUT2D eigenvalue weighted by atomic mass is 9.68. The number of hydrogen-bond donors (Lipinski definition) is 1. The van der Waals surface area contributed by atoms with Gasteiger partial charge >= 0.3 is 0 Å². The molecule has 1 aliphatic carbocycles. The molecule has 19 heavy (non-hydrogen) atoms. The van der Waals surface area contributed by atoms with Crippen LogP contribution in [0, 0.1) is 11.3 Å². The van der Waals surface area contributed by atoms with Gasteiger partial charge in [-0.15, -0.1) is 0 Å². The first-order valence-electron chi connectivity index (χ1n) is 8.01. The highest BCUT2D eigenvalue weighted by atomic mass is 16.5. The molecule has 1 heterocycles. The first kappa shape index (κ1) is 15.3. The third kappa shape index (κ3) is 3.93. The molecule has 1 saturated heterocycles. The van der Waals surface area contributed by atoms with Crippen LogP contribution in [0.2, 0.25) is 0 Å². The third-order valence-electron chi connectivity index (χ3n) is 5.38. The van der Waals surface area contributed by atoms with E-state index in [2.05, 4.69) is 20.8 Å². The molecule has 3 nitrogen and oxygen atoms in total. The number of ether oxygens (including phenoxy) is 2. The van der Waals surface area contributed by atoms with Crippen LogP contribution in [0.25, 0.3) is 0 Å². The van der Waals surface area contributed by atoms with Crippen LogP contribution in [0.4, 0.5) is 0 Å². The molecule has 3 heteroatoms. The van der Waals surface area contributed by atoms with Gasteiger partial charge in [0.05, 0.1) is 18.8 Å². The van der Waals surface area contributed by atoms with Gasteiger partial charge in [-0.05, 0) is 43.4 Å². The minimum atomic E-state index is 0.213. The summed E-state index contributed by atoms with van der Waals surface area (Å²) in [6, 6.07) is 0.213. The molecule has 1 saturated carbocycles. The Labute approximate surface area is 118 Å². The van der Waals surface area contributed by atoms with Crippen molar-refractivity contribution in [3.05, 3.63) is 0 Å². The zero-order valence-electron chi connectivity index (χ0n) is 12.9. The summed E-state index contributed by atoms with van der Waals surface area (Å²) in [5, 5.41) is 0. The van der Waals surface area contributed by atoms with Crippen LogP contribution in [-0.2, 0) is 9.47 Å². The Morgan fingerprint density at radius 1 is 1.26 bits per heavy atom. The minimum Gasteiger partial charge on any atom is -0.376 e. The van der Waals surface area contributed by atoms with Crippen LogP contribution in [0.3, 0.4) is 0 Å². The fourth-order valence-corrected chi connectivity index (χ4v) is 3.35. The highest BCUT2D eigenvalue weighted by Gasteiger charge is 2.36. The summed E-state index contributed by atoms with van der Waals surface area (Å²) < 4.78 is 11.7. The largest absolute Gasteiger partial charge is 0.376 e. The van der Waals surface area contributed by atoms with E-state index in [1.165, 1.54) is 19.3 Å². The molecule has 0 radical (unpaired) electrons. The summed E-state index contributed by atoms with van der Waals surface area (Å²) in [7, 11) is 0. The number of nitrogens with two attached hydrogens (primary N) is 1. The molecule has 0 aromatic heterocycles. The van der Waals surface area contributed by atoms with Crippen LogP contribution in [-0.4, -0.2) is 31.5 Å². The molecule has 2 aliphatic rings. The van der Waals surface area contributed by atoms with E-state index in [4.69, 9.17) is 15.2 Å². The third-order valence-corrected chi connectivity index (χ3v) is 5.38. The Morgan fingerprint density at radius 3 is 2.68 bits per heavy atom. The molecule has 0 bridgehead atoms. The second-order valence-corrected chi connectivity index (χ2v) is 7.02. The molecule has 2 N–H and O–H groups in total. The summed E-state index contributed by atoms with van der Waals surface area (Å²) in [5.41, 5.74) is 6.65. The van der Waals surface area contributed by atoms with E-state index in [1.54, 1.807) is 0 Å². The number of hydrogen-bond acceptors (Lipinski definition) is 3. The summed E-state index contributed by atoms with van der Waals surface area (Å²) in [6.45, 7) is 8.68. The Morgan fingerprint density at radius 2 is 2.05 bits per heavy atom. The second kappa shape index (κ2) is 6.55. The van der Waals surface area contributed by atoms with Gasteiger partial charge in [-0.25, -0.2) is 0 Å². The lowest BCUT2D eigenvalue weighted by Crippen LogP contribution is -2.45. The Bertz CT molecular complexity index is 274. The Hall–Kier alpha value is -0.120.